The summed E-state index contributed by atoms with van der Waals surface area (Å²) in [6.07, 6.45) is 2.82. The fraction of sp³-hybridized carbons (Fsp3) is 0.391. The Morgan fingerprint density at radius 1 is 0.939 bits per heavy atom. The lowest BCUT2D eigenvalue weighted by Gasteiger charge is -2.25. The van der Waals surface area contributed by atoms with Crippen molar-refractivity contribution < 1.29 is 22.7 Å². The van der Waals surface area contributed by atoms with E-state index >= 15 is 0 Å². The first-order valence-corrected chi connectivity index (χ1v) is 12.5. The van der Waals surface area contributed by atoms with E-state index in [0.29, 0.717) is 31.1 Å². The maximum Gasteiger partial charge on any atom is 0.315 e. The van der Waals surface area contributed by atoms with Gasteiger partial charge in [-0.2, -0.15) is 4.31 Å². The van der Waals surface area contributed by atoms with Crippen molar-refractivity contribution in [3.05, 3.63) is 54.1 Å². The van der Waals surface area contributed by atoms with Crippen LogP contribution in [0.5, 0.6) is 5.75 Å². The van der Waals surface area contributed by atoms with Crippen LogP contribution in [0.4, 0.5) is 10.5 Å². The van der Waals surface area contributed by atoms with Gasteiger partial charge >= 0.3 is 6.03 Å². The van der Waals surface area contributed by atoms with Crippen molar-refractivity contribution in [1.82, 2.24) is 14.9 Å². The van der Waals surface area contributed by atoms with Gasteiger partial charge in [-0.3, -0.25) is 4.79 Å². The number of hydrogen-bond donors (Lipinski definition) is 3. The molecule has 1 heterocycles. The van der Waals surface area contributed by atoms with Crippen molar-refractivity contribution in [2.45, 2.75) is 37.6 Å². The second-order valence-electron chi connectivity index (χ2n) is 7.65. The average Bonchev–Trinajstić information content (AvgIpc) is 2.83. The minimum atomic E-state index is -3.48. The van der Waals surface area contributed by atoms with Gasteiger partial charge in [0.25, 0.3) is 0 Å². The summed E-state index contributed by atoms with van der Waals surface area (Å²) >= 11 is 0. The third-order valence-electron chi connectivity index (χ3n) is 5.19. The third-order valence-corrected chi connectivity index (χ3v) is 7.10. The van der Waals surface area contributed by atoms with Crippen molar-refractivity contribution in [2.24, 2.45) is 0 Å². The normalized spacial score (nSPS) is 14.3. The van der Waals surface area contributed by atoms with Crippen molar-refractivity contribution >= 4 is 27.6 Å². The number of piperidine rings is 1. The molecule has 178 valence electrons. The highest BCUT2D eigenvalue weighted by molar-refractivity contribution is 7.89. The Morgan fingerprint density at radius 3 is 2.24 bits per heavy atom. The standard InChI is InChI=1S/C23H30N4O5S/c1-2-32-20-10-8-19(9-11-20)26-22(28)17-25-23(29)24-16-18-6-12-21(13-7-18)33(30,31)27-14-4-3-5-15-27/h6-13H,2-5,14-17H2,1H3,(H,26,28)(H2,24,25,29). The maximum atomic E-state index is 12.7. The second-order valence-corrected chi connectivity index (χ2v) is 9.59. The number of ether oxygens (including phenoxy) is 1. The molecule has 0 unspecified atom stereocenters. The quantitative estimate of drug-likeness (QED) is 0.517. The van der Waals surface area contributed by atoms with Gasteiger partial charge in [0, 0.05) is 25.3 Å². The van der Waals surface area contributed by atoms with E-state index in [4.69, 9.17) is 4.74 Å². The Kier molecular flexibility index (Phi) is 8.67. The summed E-state index contributed by atoms with van der Waals surface area (Å²) in [6, 6.07) is 12.9. The van der Waals surface area contributed by atoms with Gasteiger partial charge in [0.05, 0.1) is 18.0 Å². The Bertz CT molecular complexity index is 1030. The van der Waals surface area contributed by atoms with E-state index in [1.54, 1.807) is 48.5 Å². The molecule has 3 amide bonds. The first-order valence-electron chi connectivity index (χ1n) is 11.0. The lowest BCUT2D eigenvalue weighted by molar-refractivity contribution is -0.115. The van der Waals surface area contributed by atoms with E-state index in [2.05, 4.69) is 16.0 Å². The van der Waals surface area contributed by atoms with Crippen LogP contribution in [0.1, 0.15) is 31.7 Å². The smallest absolute Gasteiger partial charge is 0.315 e. The monoisotopic (exact) mass is 474 g/mol. The molecule has 0 atom stereocenters. The number of amides is 3. The van der Waals surface area contributed by atoms with Crippen LogP contribution < -0.4 is 20.7 Å². The fourth-order valence-electron chi connectivity index (χ4n) is 3.45. The van der Waals surface area contributed by atoms with E-state index in [9.17, 15) is 18.0 Å². The van der Waals surface area contributed by atoms with Crippen molar-refractivity contribution in [3.8, 4) is 5.75 Å². The van der Waals surface area contributed by atoms with Crippen LogP contribution in [0.2, 0.25) is 0 Å². The Balaban J connectivity index is 1.41. The Hall–Kier alpha value is -3.11. The molecule has 0 bridgehead atoms. The van der Waals surface area contributed by atoms with Crippen LogP contribution >= 0.6 is 0 Å². The molecule has 33 heavy (non-hydrogen) atoms. The van der Waals surface area contributed by atoms with E-state index in [1.807, 2.05) is 6.92 Å². The zero-order valence-electron chi connectivity index (χ0n) is 18.7. The molecule has 2 aromatic rings. The molecule has 10 heteroatoms. The number of benzene rings is 2. The topological polar surface area (TPSA) is 117 Å². The molecule has 1 saturated heterocycles. The van der Waals surface area contributed by atoms with E-state index in [-0.39, 0.29) is 23.9 Å². The minimum Gasteiger partial charge on any atom is -0.494 e. The number of carbonyl (C=O) groups excluding carboxylic acids is 2. The molecule has 1 aliphatic rings. The molecule has 0 radical (unpaired) electrons. The number of anilines is 1. The number of carbonyl (C=O) groups is 2. The summed E-state index contributed by atoms with van der Waals surface area (Å²) in [5, 5.41) is 7.84. The predicted molar refractivity (Wildman–Crippen MR) is 126 cm³/mol. The van der Waals surface area contributed by atoms with Crippen LogP contribution in [0, 0.1) is 0 Å². The lowest BCUT2D eigenvalue weighted by Crippen LogP contribution is -2.39. The molecule has 3 rings (SSSR count). The number of rotatable bonds is 9. The van der Waals surface area contributed by atoms with E-state index < -0.39 is 16.1 Å². The van der Waals surface area contributed by atoms with Gasteiger partial charge in [-0.25, -0.2) is 13.2 Å². The Labute approximate surface area is 194 Å². The van der Waals surface area contributed by atoms with Gasteiger partial charge in [0.15, 0.2) is 0 Å². The number of nitrogens with zero attached hydrogens (tertiary/aromatic N) is 1. The number of urea groups is 1. The highest BCUT2D eigenvalue weighted by Gasteiger charge is 2.25. The predicted octanol–water partition coefficient (Wildman–Crippen LogP) is 2.70. The summed E-state index contributed by atoms with van der Waals surface area (Å²) in [7, 11) is -3.48. The van der Waals surface area contributed by atoms with Crippen LogP contribution in [0.3, 0.4) is 0 Å². The third kappa shape index (κ3) is 7.19. The number of nitrogens with one attached hydrogen (secondary N) is 3. The van der Waals surface area contributed by atoms with Crippen LogP contribution in [0.15, 0.2) is 53.4 Å². The van der Waals surface area contributed by atoms with Gasteiger partial charge in [0.1, 0.15) is 5.75 Å². The molecule has 0 saturated carbocycles. The van der Waals surface area contributed by atoms with Gasteiger partial charge in [0.2, 0.25) is 15.9 Å². The summed E-state index contributed by atoms with van der Waals surface area (Å²) in [5.74, 6) is 0.353. The molecule has 2 aromatic carbocycles. The van der Waals surface area contributed by atoms with Gasteiger partial charge < -0.3 is 20.7 Å². The summed E-state index contributed by atoms with van der Waals surface area (Å²) in [5.41, 5.74) is 1.35. The molecule has 0 aliphatic carbocycles. The van der Waals surface area contributed by atoms with E-state index in [0.717, 1.165) is 24.8 Å². The van der Waals surface area contributed by atoms with Crippen LogP contribution in [0.25, 0.3) is 0 Å². The lowest BCUT2D eigenvalue weighted by atomic mass is 10.2. The maximum absolute atomic E-state index is 12.7. The fourth-order valence-corrected chi connectivity index (χ4v) is 4.96. The SMILES string of the molecule is CCOc1ccc(NC(=O)CNC(=O)NCc2ccc(S(=O)(=O)N3CCCCC3)cc2)cc1. The summed E-state index contributed by atoms with van der Waals surface area (Å²) in [4.78, 5) is 24.3. The molecule has 1 fully saturated rings. The Morgan fingerprint density at radius 2 is 1.61 bits per heavy atom. The van der Waals surface area contributed by atoms with Crippen molar-refractivity contribution in [3.63, 3.8) is 0 Å². The zero-order valence-corrected chi connectivity index (χ0v) is 19.5. The number of hydrogen-bond acceptors (Lipinski definition) is 5. The minimum absolute atomic E-state index is 0.188. The summed E-state index contributed by atoms with van der Waals surface area (Å²) in [6.45, 7) is 3.58. The molecule has 1 aliphatic heterocycles. The van der Waals surface area contributed by atoms with Gasteiger partial charge in [-0.05, 0) is 61.7 Å². The van der Waals surface area contributed by atoms with E-state index in [1.165, 1.54) is 4.31 Å². The van der Waals surface area contributed by atoms with Crippen molar-refractivity contribution in [2.75, 3.05) is 31.6 Å². The number of sulfonamides is 1. The molecule has 9 nitrogen and oxygen atoms in total. The molecular weight excluding hydrogens is 444 g/mol. The molecule has 3 N–H and O–H groups in total. The van der Waals surface area contributed by atoms with Gasteiger partial charge in [-0.15, -0.1) is 0 Å². The van der Waals surface area contributed by atoms with Crippen molar-refractivity contribution in [1.29, 1.82) is 0 Å². The average molecular weight is 475 g/mol. The highest BCUT2D eigenvalue weighted by Crippen LogP contribution is 2.21. The zero-order chi connectivity index (χ0) is 23.7. The largest absolute Gasteiger partial charge is 0.494 e. The first kappa shape index (κ1) is 24.5. The molecule has 0 aromatic heterocycles. The molecule has 0 spiro atoms. The van der Waals surface area contributed by atoms with Gasteiger partial charge in [-0.1, -0.05) is 18.6 Å². The highest BCUT2D eigenvalue weighted by atomic mass is 32.2. The second kappa shape index (κ2) is 11.7. The summed E-state index contributed by atoms with van der Waals surface area (Å²) < 4.78 is 32.3. The first-order chi connectivity index (χ1) is 15.9. The van der Waals surface area contributed by atoms with Crippen LogP contribution in [-0.4, -0.2) is 50.9 Å². The molecular formula is C23H30N4O5S. The van der Waals surface area contributed by atoms with Crippen LogP contribution in [-0.2, 0) is 21.4 Å².